The maximum Gasteiger partial charge on any atom is 0.237 e. The molecule has 1 rings (SSSR count). The quantitative estimate of drug-likeness (QED) is 0.796. The molecule has 1 heterocycles. The molecule has 1 amide bonds. The second kappa shape index (κ2) is 6.45. The Morgan fingerprint density at radius 1 is 1.41 bits per heavy atom. The minimum atomic E-state index is -0.214. The van der Waals surface area contributed by atoms with Crippen molar-refractivity contribution in [2.45, 2.75) is 52.7 Å². The first kappa shape index (κ1) is 13.8. The van der Waals surface area contributed by atoms with Crippen molar-refractivity contribution < 1.29 is 9.21 Å². The van der Waals surface area contributed by atoms with Crippen LogP contribution in [0.15, 0.2) is 16.5 Å². The van der Waals surface area contributed by atoms with Crippen molar-refractivity contribution in [3.8, 4) is 0 Å². The molecule has 0 aliphatic carbocycles. The highest BCUT2D eigenvalue weighted by Gasteiger charge is 2.14. The summed E-state index contributed by atoms with van der Waals surface area (Å²) in [6.07, 6.45) is 0.940. The van der Waals surface area contributed by atoms with Crippen LogP contribution in [0.2, 0.25) is 0 Å². The van der Waals surface area contributed by atoms with Crippen LogP contribution in [0, 0.1) is 6.92 Å². The van der Waals surface area contributed by atoms with Crippen molar-refractivity contribution in [2.24, 2.45) is 0 Å². The summed E-state index contributed by atoms with van der Waals surface area (Å²) in [5, 5.41) is 6.07. The summed E-state index contributed by atoms with van der Waals surface area (Å²) in [4.78, 5) is 11.7. The van der Waals surface area contributed by atoms with E-state index in [0.717, 1.165) is 17.9 Å². The van der Waals surface area contributed by atoms with E-state index in [9.17, 15) is 4.79 Å². The maximum absolute atomic E-state index is 11.7. The SMILES string of the molecule is CCC(C)NC(=O)C(C)NCc1ccc(C)o1. The van der Waals surface area contributed by atoms with Gasteiger partial charge in [-0.2, -0.15) is 0 Å². The molecule has 4 nitrogen and oxygen atoms in total. The Bertz CT molecular complexity index is 360. The fourth-order valence-electron chi connectivity index (χ4n) is 1.40. The fourth-order valence-corrected chi connectivity index (χ4v) is 1.40. The second-order valence-corrected chi connectivity index (χ2v) is 4.43. The Hall–Kier alpha value is -1.29. The van der Waals surface area contributed by atoms with E-state index < -0.39 is 0 Å². The lowest BCUT2D eigenvalue weighted by atomic mass is 10.2. The molecule has 0 fully saturated rings. The van der Waals surface area contributed by atoms with Gasteiger partial charge in [0.05, 0.1) is 12.6 Å². The first-order chi connectivity index (χ1) is 8.02. The van der Waals surface area contributed by atoms with Gasteiger partial charge in [-0.25, -0.2) is 0 Å². The van der Waals surface area contributed by atoms with Gasteiger partial charge in [-0.05, 0) is 39.3 Å². The second-order valence-electron chi connectivity index (χ2n) is 4.43. The Morgan fingerprint density at radius 2 is 2.12 bits per heavy atom. The van der Waals surface area contributed by atoms with Crippen LogP contribution in [-0.2, 0) is 11.3 Å². The third-order valence-electron chi connectivity index (χ3n) is 2.77. The highest BCUT2D eigenvalue weighted by Crippen LogP contribution is 2.05. The van der Waals surface area contributed by atoms with Gasteiger partial charge in [0.1, 0.15) is 11.5 Å². The Morgan fingerprint density at radius 3 is 2.65 bits per heavy atom. The van der Waals surface area contributed by atoms with Gasteiger partial charge >= 0.3 is 0 Å². The Labute approximate surface area is 103 Å². The molecule has 0 aliphatic rings. The maximum atomic E-state index is 11.7. The third-order valence-corrected chi connectivity index (χ3v) is 2.77. The van der Waals surface area contributed by atoms with E-state index >= 15 is 0 Å². The summed E-state index contributed by atoms with van der Waals surface area (Å²) in [5.74, 6) is 1.77. The van der Waals surface area contributed by atoms with Crippen LogP contribution in [0.4, 0.5) is 0 Å². The number of hydrogen-bond donors (Lipinski definition) is 2. The van der Waals surface area contributed by atoms with Crippen LogP contribution in [0.1, 0.15) is 38.7 Å². The van der Waals surface area contributed by atoms with Crippen molar-refractivity contribution in [1.29, 1.82) is 0 Å². The molecule has 96 valence electrons. The zero-order chi connectivity index (χ0) is 12.8. The largest absolute Gasteiger partial charge is 0.465 e. The minimum absolute atomic E-state index is 0.0302. The van der Waals surface area contributed by atoms with Gasteiger partial charge in [0.2, 0.25) is 5.91 Å². The smallest absolute Gasteiger partial charge is 0.237 e. The molecule has 0 radical (unpaired) electrons. The third kappa shape index (κ3) is 4.61. The minimum Gasteiger partial charge on any atom is -0.465 e. The monoisotopic (exact) mass is 238 g/mol. The topological polar surface area (TPSA) is 54.3 Å². The van der Waals surface area contributed by atoms with E-state index in [4.69, 9.17) is 4.42 Å². The van der Waals surface area contributed by atoms with Crippen LogP contribution in [0.25, 0.3) is 0 Å². The van der Waals surface area contributed by atoms with Gasteiger partial charge in [0.15, 0.2) is 0 Å². The van der Waals surface area contributed by atoms with Crippen molar-refractivity contribution in [3.05, 3.63) is 23.7 Å². The van der Waals surface area contributed by atoms with Crippen LogP contribution >= 0.6 is 0 Å². The van der Waals surface area contributed by atoms with Gasteiger partial charge in [0.25, 0.3) is 0 Å². The van der Waals surface area contributed by atoms with Crippen LogP contribution < -0.4 is 10.6 Å². The van der Waals surface area contributed by atoms with E-state index in [1.165, 1.54) is 0 Å². The predicted molar refractivity (Wildman–Crippen MR) is 67.6 cm³/mol. The number of carbonyl (C=O) groups excluding carboxylic acids is 1. The summed E-state index contributed by atoms with van der Waals surface area (Å²) in [6, 6.07) is 3.84. The van der Waals surface area contributed by atoms with E-state index in [0.29, 0.717) is 6.54 Å². The standard InChI is InChI=1S/C13H22N2O2/c1-5-9(2)15-13(16)11(4)14-8-12-7-6-10(3)17-12/h6-7,9,11,14H,5,8H2,1-4H3,(H,15,16). The highest BCUT2D eigenvalue weighted by atomic mass is 16.3. The van der Waals surface area contributed by atoms with E-state index in [-0.39, 0.29) is 18.0 Å². The molecule has 0 saturated heterocycles. The van der Waals surface area contributed by atoms with Crippen LogP contribution in [0.3, 0.4) is 0 Å². The van der Waals surface area contributed by atoms with Gasteiger partial charge < -0.3 is 9.73 Å². The van der Waals surface area contributed by atoms with Gasteiger partial charge in [-0.15, -0.1) is 0 Å². The molecule has 2 unspecified atom stereocenters. The molecule has 0 aromatic carbocycles. The summed E-state index contributed by atoms with van der Waals surface area (Å²) in [5.41, 5.74) is 0. The summed E-state index contributed by atoms with van der Waals surface area (Å²) >= 11 is 0. The molecule has 0 bridgehead atoms. The van der Waals surface area contributed by atoms with Crippen molar-refractivity contribution in [2.75, 3.05) is 0 Å². The summed E-state index contributed by atoms with van der Waals surface area (Å²) in [6.45, 7) is 8.38. The molecule has 0 aliphatic heterocycles. The fraction of sp³-hybridized carbons (Fsp3) is 0.615. The average Bonchev–Trinajstić information content (AvgIpc) is 2.71. The van der Waals surface area contributed by atoms with E-state index in [2.05, 4.69) is 17.6 Å². The molecule has 4 heteroatoms. The van der Waals surface area contributed by atoms with Gasteiger partial charge in [-0.3, -0.25) is 10.1 Å². The zero-order valence-electron chi connectivity index (χ0n) is 11.0. The normalized spacial score (nSPS) is 14.4. The lowest BCUT2D eigenvalue weighted by molar-refractivity contribution is -0.123. The highest BCUT2D eigenvalue weighted by molar-refractivity contribution is 5.81. The number of rotatable bonds is 6. The van der Waals surface area contributed by atoms with Crippen molar-refractivity contribution in [1.82, 2.24) is 10.6 Å². The average molecular weight is 238 g/mol. The molecule has 17 heavy (non-hydrogen) atoms. The van der Waals surface area contributed by atoms with Gasteiger partial charge in [-0.1, -0.05) is 6.92 Å². The van der Waals surface area contributed by atoms with Gasteiger partial charge in [0, 0.05) is 6.04 Å². The first-order valence-electron chi connectivity index (χ1n) is 6.12. The molecule has 0 spiro atoms. The van der Waals surface area contributed by atoms with Crippen molar-refractivity contribution >= 4 is 5.91 Å². The molecular weight excluding hydrogens is 216 g/mol. The Kier molecular flexibility index (Phi) is 5.22. The van der Waals surface area contributed by atoms with E-state index in [1.807, 2.05) is 32.9 Å². The Balaban J connectivity index is 2.33. The molecule has 1 aromatic heterocycles. The zero-order valence-corrected chi connectivity index (χ0v) is 11.0. The van der Waals surface area contributed by atoms with E-state index in [1.54, 1.807) is 0 Å². The van der Waals surface area contributed by atoms with Crippen LogP contribution in [0.5, 0.6) is 0 Å². The number of hydrogen-bond acceptors (Lipinski definition) is 3. The summed E-state index contributed by atoms with van der Waals surface area (Å²) < 4.78 is 5.42. The lowest BCUT2D eigenvalue weighted by Gasteiger charge is -2.16. The molecule has 0 saturated carbocycles. The number of furan rings is 1. The predicted octanol–water partition coefficient (Wildman–Crippen LogP) is 1.98. The van der Waals surface area contributed by atoms with Crippen molar-refractivity contribution in [3.63, 3.8) is 0 Å². The molecule has 2 N–H and O–H groups in total. The number of carbonyl (C=O) groups is 1. The summed E-state index contributed by atoms with van der Waals surface area (Å²) in [7, 11) is 0. The number of aryl methyl sites for hydroxylation is 1. The molecule has 1 aromatic rings. The van der Waals surface area contributed by atoms with Crippen LogP contribution in [-0.4, -0.2) is 18.0 Å². The number of amides is 1. The molecular formula is C13H22N2O2. The molecule has 2 atom stereocenters. The first-order valence-corrected chi connectivity index (χ1v) is 6.12. The lowest BCUT2D eigenvalue weighted by Crippen LogP contribution is -2.44. The number of nitrogens with one attached hydrogen (secondary N) is 2.